The molecule has 1 aromatic rings. The molecule has 2 rings (SSSR count). The van der Waals surface area contributed by atoms with Crippen LogP contribution in [0, 0.1) is 23.1 Å². The zero-order valence-electron chi connectivity index (χ0n) is 14.3. The number of aliphatic hydroxyl groups excluding tert-OH is 1. The molecular weight excluding hydrogens is 311 g/mol. The number of halogens is 1. The Balaban J connectivity index is 2.09. The Hall–Kier alpha value is -2.13. The topological polar surface area (TPSA) is 73.6 Å². The average molecular weight is 334 g/mol. The lowest BCUT2D eigenvalue weighted by molar-refractivity contribution is 0.00238. The molecule has 0 spiro atoms. The quantitative estimate of drug-likeness (QED) is 0.900. The van der Waals surface area contributed by atoms with E-state index in [1.54, 1.807) is 11.0 Å². The minimum absolute atomic E-state index is 0.0913. The number of carbonyl (C=O) groups is 1. The number of benzene rings is 1. The first-order valence-electron chi connectivity index (χ1n) is 8.07. The number of nitrogens with zero attached hydrogens (tertiary/aromatic N) is 2. The average Bonchev–Trinajstić information content (AvgIpc) is 2.53. The van der Waals surface area contributed by atoms with E-state index in [1.807, 2.05) is 20.8 Å². The van der Waals surface area contributed by atoms with Crippen LogP contribution in [0.1, 0.15) is 50.8 Å². The van der Waals surface area contributed by atoms with Crippen LogP contribution < -0.4 is 0 Å². The van der Waals surface area contributed by atoms with Gasteiger partial charge in [0.2, 0.25) is 0 Å². The second-order valence-electron chi connectivity index (χ2n) is 7.12. The van der Waals surface area contributed by atoms with Gasteiger partial charge in [0.1, 0.15) is 17.5 Å². The van der Waals surface area contributed by atoms with Gasteiger partial charge < -0.3 is 14.7 Å². The van der Waals surface area contributed by atoms with E-state index in [1.165, 1.54) is 18.2 Å². The number of nitriles is 1. The minimum Gasteiger partial charge on any atom is -0.444 e. The van der Waals surface area contributed by atoms with Crippen LogP contribution in [-0.2, 0) is 4.74 Å². The molecule has 0 radical (unpaired) electrons. The summed E-state index contributed by atoms with van der Waals surface area (Å²) in [7, 11) is 0. The van der Waals surface area contributed by atoms with Crippen molar-refractivity contribution in [1.29, 1.82) is 5.26 Å². The molecular formula is C18H23FN2O3. The molecule has 1 fully saturated rings. The lowest BCUT2D eigenvalue weighted by Crippen LogP contribution is -2.44. The highest BCUT2D eigenvalue weighted by atomic mass is 19.1. The van der Waals surface area contributed by atoms with Crippen molar-refractivity contribution >= 4 is 6.09 Å². The SMILES string of the molecule is CC(C)(C)OC(=O)N1CCCC(C(O)c2ccc(F)c(C#N)c2)C1. The van der Waals surface area contributed by atoms with Crippen LogP contribution in [0.3, 0.4) is 0 Å². The zero-order valence-corrected chi connectivity index (χ0v) is 14.3. The standard InChI is InChI=1S/C18H23FN2O3/c1-18(2,3)24-17(23)21-8-4-5-13(11-21)16(22)12-6-7-15(19)14(9-12)10-20/h6-7,9,13,16,22H,4-5,8,11H2,1-3H3. The van der Waals surface area contributed by atoms with E-state index in [0.717, 1.165) is 12.8 Å². The third kappa shape index (κ3) is 4.45. The summed E-state index contributed by atoms with van der Waals surface area (Å²) in [5.41, 5.74) is -0.170. The normalized spacial score (nSPS) is 19.5. The van der Waals surface area contributed by atoms with Gasteiger partial charge in [-0.2, -0.15) is 5.26 Å². The van der Waals surface area contributed by atoms with Crippen LogP contribution in [0.5, 0.6) is 0 Å². The maximum absolute atomic E-state index is 13.4. The summed E-state index contributed by atoms with van der Waals surface area (Å²) in [5, 5.41) is 19.5. The number of hydrogen-bond acceptors (Lipinski definition) is 4. The molecule has 0 bridgehead atoms. The molecule has 1 aliphatic rings. The number of piperidine rings is 1. The van der Waals surface area contributed by atoms with Gasteiger partial charge in [-0.05, 0) is 51.3 Å². The van der Waals surface area contributed by atoms with Gasteiger partial charge in [0.25, 0.3) is 0 Å². The van der Waals surface area contributed by atoms with Gasteiger partial charge in [-0.15, -0.1) is 0 Å². The molecule has 1 saturated heterocycles. The monoisotopic (exact) mass is 334 g/mol. The first-order valence-corrected chi connectivity index (χ1v) is 8.07. The molecule has 5 nitrogen and oxygen atoms in total. The summed E-state index contributed by atoms with van der Waals surface area (Å²) in [6, 6.07) is 5.81. The van der Waals surface area contributed by atoms with Crippen LogP contribution in [0.15, 0.2) is 18.2 Å². The molecule has 1 aromatic carbocycles. The first kappa shape index (κ1) is 18.2. The molecule has 1 heterocycles. The van der Waals surface area contributed by atoms with Crippen LogP contribution in [0.2, 0.25) is 0 Å². The molecule has 0 aromatic heterocycles. The number of amides is 1. The fourth-order valence-corrected chi connectivity index (χ4v) is 2.84. The van der Waals surface area contributed by atoms with Crippen molar-refractivity contribution in [2.24, 2.45) is 5.92 Å². The van der Waals surface area contributed by atoms with E-state index in [0.29, 0.717) is 18.7 Å². The highest BCUT2D eigenvalue weighted by Crippen LogP contribution is 2.31. The Morgan fingerprint density at radius 1 is 1.50 bits per heavy atom. The van der Waals surface area contributed by atoms with Crippen LogP contribution >= 0.6 is 0 Å². The molecule has 24 heavy (non-hydrogen) atoms. The summed E-state index contributed by atoms with van der Waals surface area (Å²) in [6.45, 7) is 6.38. The van der Waals surface area contributed by atoms with Crippen LogP contribution in [-0.4, -0.2) is 34.8 Å². The van der Waals surface area contributed by atoms with E-state index in [9.17, 15) is 14.3 Å². The zero-order chi connectivity index (χ0) is 17.9. The number of ether oxygens (including phenoxy) is 1. The number of hydrogen-bond donors (Lipinski definition) is 1. The summed E-state index contributed by atoms with van der Waals surface area (Å²) in [5.74, 6) is -0.782. The van der Waals surface area contributed by atoms with Gasteiger partial charge in [0.05, 0.1) is 11.7 Å². The van der Waals surface area contributed by atoms with Crippen molar-refractivity contribution in [3.8, 4) is 6.07 Å². The highest BCUT2D eigenvalue weighted by molar-refractivity contribution is 5.68. The van der Waals surface area contributed by atoms with Crippen molar-refractivity contribution in [3.63, 3.8) is 0 Å². The fraction of sp³-hybridized carbons (Fsp3) is 0.556. The van der Waals surface area contributed by atoms with Gasteiger partial charge in [-0.25, -0.2) is 9.18 Å². The molecule has 130 valence electrons. The Bertz CT molecular complexity index is 649. The predicted molar refractivity (Wildman–Crippen MR) is 86.6 cm³/mol. The van der Waals surface area contributed by atoms with E-state index in [2.05, 4.69) is 0 Å². The van der Waals surface area contributed by atoms with Crippen LogP contribution in [0.4, 0.5) is 9.18 Å². The largest absolute Gasteiger partial charge is 0.444 e. The third-order valence-electron chi connectivity index (χ3n) is 4.01. The van der Waals surface area contributed by atoms with Gasteiger partial charge >= 0.3 is 6.09 Å². The van der Waals surface area contributed by atoms with Crippen molar-refractivity contribution in [2.45, 2.75) is 45.3 Å². The predicted octanol–water partition coefficient (Wildman–Crippen LogP) is 3.38. The Kier molecular flexibility index (Phi) is 5.45. The van der Waals surface area contributed by atoms with Crippen molar-refractivity contribution in [2.75, 3.05) is 13.1 Å². The molecule has 0 aliphatic carbocycles. The second kappa shape index (κ2) is 7.18. The first-order chi connectivity index (χ1) is 11.2. The molecule has 1 amide bonds. The number of rotatable bonds is 2. The third-order valence-corrected chi connectivity index (χ3v) is 4.01. The van der Waals surface area contributed by atoms with Gasteiger partial charge in [0.15, 0.2) is 0 Å². The Labute approximate surface area is 141 Å². The summed E-state index contributed by atoms with van der Waals surface area (Å²) >= 11 is 0. The smallest absolute Gasteiger partial charge is 0.410 e. The summed E-state index contributed by atoms with van der Waals surface area (Å²) in [6.07, 6.45) is 0.256. The van der Waals surface area contributed by atoms with Crippen molar-refractivity contribution in [3.05, 3.63) is 35.1 Å². The van der Waals surface area contributed by atoms with E-state index >= 15 is 0 Å². The van der Waals surface area contributed by atoms with E-state index < -0.39 is 23.6 Å². The maximum atomic E-state index is 13.4. The summed E-state index contributed by atoms with van der Waals surface area (Å²) in [4.78, 5) is 13.8. The molecule has 1 N–H and O–H groups in total. The highest BCUT2D eigenvalue weighted by Gasteiger charge is 2.31. The molecule has 2 atom stereocenters. The van der Waals surface area contributed by atoms with Gasteiger partial charge in [-0.3, -0.25) is 0 Å². The Morgan fingerprint density at radius 2 is 2.21 bits per heavy atom. The fourth-order valence-electron chi connectivity index (χ4n) is 2.84. The minimum atomic E-state index is -0.858. The molecule has 0 saturated carbocycles. The van der Waals surface area contributed by atoms with E-state index in [-0.39, 0.29) is 11.5 Å². The lowest BCUT2D eigenvalue weighted by atomic mass is 9.88. The molecule has 2 unspecified atom stereocenters. The van der Waals surface area contributed by atoms with Crippen molar-refractivity contribution in [1.82, 2.24) is 4.90 Å². The van der Waals surface area contributed by atoms with Gasteiger partial charge in [-0.1, -0.05) is 6.07 Å². The lowest BCUT2D eigenvalue weighted by Gasteiger charge is -2.36. The van der Waals surface area contributed by atoms with Gasteiger partial charge in [0, 0.05) is 19.0 Å². The van der Waals surface area contributed by atoms with Crippen LogP contribution in [0.25, 0.3) is 0 Å². The number of aliphatic hydroxyl groups is 1. The Morgan fingerprint density at radius 3 is 2.83 bits per heavy atom. The number of likely N-dealkylation sites (tertiary alicyclic amines) is 1. The van der Waals surface area contributed by atoms with E-state index in [4.69, 9.17) is 10.00 Å². The summed E-state index contributed by atoms with van der Waals surface area (Å²) < 4.78 is 18.8. The molecule has 6 heteroatoms. The maximum Gasteiger partial charge on any atom is 0.410 e. The van der Waals surface area contributed by atoms with Crippen molar-refractivity contribution < 1.29 is 19.0 Å². The molecule has 1 aliphatic heterocycles. The number of carbonyl (C=O) groups excluding carboxylic acids is 1. The second-order valence-corrected chi connectivity index (χ2v) is 7.12.